The van der Waals surface area contributed by atoms with Crippen LogP contribution in [0.25, 0.3) is 17.7 Å². The minimum Gasteiger partial charge on any atom is -0.755 e. The molecule has 2 aliphatic rings. The second-order valence-corrected chi connectivity index (χ2v) is 3.40. The van der Waals surface area contributed by atoms with Crippen molar-refractivity contribution in [3.05, 3.63) is 58.6 Å². The van der Waals surface area contributed by atoms with Crippen molar-refractivity contribution in [2.75, 3.05) is 0 Å². The van der Waals surface area contributed by atoms with Crippen LogP contribution in [0.1, 0.15) is 16.7 Å². The minimum atomic E-state index is 0.842. The molecule has 68 valence electrons. The molecule has 0 atom stereocenters. The summed E-state index contributed by atoms with van der Waals surface area (Å²) in [6, 6.07) is 6.09. The summed E-state index contributed by atoms with van der Waals surface area (Å²) in [6.45, 7) is 0. The Bertz CT molecular complexity index is 483. The average Bonchev–Trinajstić information content (AvgIpc) is 2.51. The van der Waals surface area contributed by atoms with Crippen LogP contribution in [0.3, 0.4) is 0 Å². The first-order valence-corrected chi connectivity index (χ1v) is 4.51. The summed E-state index contributed by atoms with van der Waals surface area (Å²) in [4.78, 5) is 0. The lowest BCUT2D eigenvalue weighted by Crippen LogP contribution is -1.95. The summed E-state index contributed by atoms with van der Waals surface area (Å²) in [5, 5.41) is 12.1. The van der Waals surface area contributed by atoms with E-state index in [1.54, 1.807) is 6.20 Å². The highest BCUT2D eigenvalue weighted by Gasteiger charge is 2.14. The lowest BCUT2D eigenvalue weighted by Gasteiger charge is -2.20. The second-order valence-electron chi connectivity index (χ2n) is 3.40. The van der Waals surface area contributed by atoms with Crippen LogP contribution in [-0.4, -0.2) is 5.06 Å². The molecule has 1 aromatic carbocycles. The van der Waals surface area contributed by atoms with E-state index in [0.717, 1.165) is 16.2 Å². The number of hydroxylamine groups is 2. The molecule has 14 heavy (non-hydrogen) atoms. The topological polar surface area (TPSA) is 26.3 Å². The fraction of sp³-hybridized carbons (Fsp3) is 0. The maximum Gasteiger partial charge on any atom is 0.000301 e. The molecule has 1 aliphatic heterocycles. The Kier molecular flexibility index (Phi) is 1.41. The van der Waals surface area contributed by atoms with Gasteiger partial charge in [-0.3, -0.25) is 0 Å². The quantitative estimate of drug-likeness (QED) is 0.616. The van der Waals surface area contributed by atoms with Gasteiger partial charge in [-0.1, -0.05) is 30.4 Å². The summed E-state index contributed by atoms with van der Waals surface area (Å²) < 4.78 is 0. The van der Waals surface area contributed by atoms with Crippen LogP contribution in [0.4, 0.5) is 0 Å². The average molecular weight is 182 g/mol. The second kappa shape index (κ2) is 2.59. The molecule has 1 heterocycles. The molecule has 3 rings (SSSR count). The van der Waals surface area contributed by atoms with Gasteiger partial charge in [-0.2, -0.15) is 0 Å². The van der Waals surface area contributed by atoms with Crippen molar-refractivity contribution in [2.24, 2.45) is 0 Å². The molecular weight excluding hydrogens is 174 g/mol. The van der Waals surface area contributed by atoms with Crippen LogP contribution in [0.15, 0.2) is 36.7 Å². The fourth-order valence-electron chi connectivity index (χ4n) is 1.90. The van der Waals surface area contributed by atoms with Gasteiger partial charge in [0.2, 0.25) is 0 Å². The Hall–Kier alpha value is -1.80. The molecule has 0 N–H and O–H groups in total. The number of allylic oxidation sites excluding steroid dienone is 2. The van der Waals surface area contributed by atoms with Gasteiger partial charge in [0.15, 0.2) is 0 Å². The number of benzene rings is 1. The summed E-state index contributed by atoms with van der Waals surface area (Å²) in [5.41, 5.74) is 4.46. The third kappa shape index (κ3) is 0.947. The lowest BCUT2D eigenvalue weighted by atomic mass is 10.0. The number of rotatable bonds is 0. The van der Waals surface area contributed by atoms with Crippen LogP contribution in [0.2, 0.25) is 0 Å². The van der Waals surface area contributed by atoms with E-state index in [9.17, 15) is 5.21 Å². The van der Waals surface area contributed by atoms with Crippen LogP contribution in [-0.2, 0) is 0 Å². The van der Waals surface area contributed by atoms with Crippen molar-refractivity contribution < 1.29 is 0 Å². The number of hydrogen-bond donors (Lipinski definition) is 0. The zero-order chi connectivity index (χ0) is 9.54. The van der Waals surface area contributed by atoms with Gasteiger partial charge in [-0.05, 0) is 34.5 Å². The van der Waals surface area contributed by atoms with Gasteiger partial charge in [0.25, 0.3) is 0 Å². The fourth-order valence-corrected chi connectivity index (χ4v) is 1.90. The molecule has 0 radical (unpaired) electrons. The number of nitrogens with zero attached hydrogens (tertiary/aromatic N) is 1. The first kappa shape index (κ1) is 7.59. The minimum absolute atomic E-state index is 0.842. The molecule has 2 nitrogen and oxygen atoms in total. The highest BCUT2D eigenvalue weighted by Crippen LogP contribution is 2.34. The van der Waals surface area contributed by atoms with Gasteiger partial charge < -0.3 is 10.3 Å². The van der Waals surface area contributed by atoms with Crippen molar-refractivity contribution in [1.82, 2.24) is 5.06 Å². The third-order valence-corrected chi connectivity index (χ3v) is 2.53. The third-order valence-electron chi connectivity index (χ3n) is 2.53. The van der Waals surface area contributed by atoms with Crippen LogP contribution < -0.4 is 0 Å². The van der Waals surface area contributed by atoms with E-state index in [0.29, 0.717) is 0 Å². The summed E-state index contributed by atoms with van der Waals surface area (Å²) in [5.74, 6) is 0. The van der Waals surface area contributed by atoms with Crippen molar-refractivity contribution in [1.29, 1.82) is 0 Å². The van der Waals surface area contributed by atoms with Gasteiger partial charge in [-0.25, -0.2) is 0 Å². The van der Waals surface area contributed by atoms with Crippen molar-refractivity contribution in [2.45, 2.75) is 0 Å². The van der Waals surface area contributed by atoms with Crippen LogP contribution >= 0.6 is 0 Å². The Morgan fingerprint density at radius 1 is 1.00 bits per heavy atom. The summed E-state index contributed by atoms with van der Waals surface area (Å²) in [6.07, 6.45) is 9.01. The predicted molar refractivity (Wildman–Crippen MR) is 57.7 cm³/mol. The normalized spacial score (nSPS) is 16.6. The van der Waals surface area contributed by atoms with E-state index >= 15 is 0 Å². The maximum atomic E-state index is 11.3. The highest BCUT2D eigenvalue weighted by atomic mass is 16.5. The van der Waals surface area contributed by atoms with Gasteiger partial charge >= 0.3 is 0 Å². The molecular formula is C12H8NO-. The first-order valence-electron chi connectivity index (χ1n) is 4.51. The highest BCUT2D eigenvalue weighted by molar-refractivity contribution is 5.94. The van der Waals surface area contributed by atoms with Crippen molar-refractivity contribution in [3.8, 4) is 0 Å². The Morgan fingerprint density at radius 3 is 2.64 bits per heavy atom. The molecule has 0 unspecified atom stereocenters. The SMILES string of the molecule is [O-]N1C=Cc2cccc3c2C(=C1)C=C3. The predicted octanol–water partition coefficient (Wildman–Crippen LogP) is 2.84. The Morgan fingerprint density at radius 2 is 1.79 bits per heavy atom. The maximum absolute atomic E-state index is 11.3. The summed E-state index contributed by atoms with van der Waals surface area (Å²) in [7, 11) is 0. The summed E-state index contributed by atoms with van der Waals surface area (Å²) >= 11 is 0. The molecule has 0 amide bonds. The molecule has 0 saturated heterocycles. The molecule has 0 fully saturated rings. The molecule has 0 spiro atoms. The largest absolute Gasteiger partial charge is 0.755 e. The van der Waals surface area contributed by atoms with E-state index in [-0.39, 0.29) is 0 Å². The van der Waals surface area contributed by atoms with Gasteiger partial charge in [0.1, 0.15) is 0 Å². The molecule has 0 bridgehead atoms. The molecule has 1 aliphatic carbocycles. The van der Waals surface area contributed by atoms with E-state index in [1.165, 1.54) is 17.3 Å². The van der Waals surface area contributed by atoms with E-state index < -0.39 is 0 Å². The van der Waals surface area contributed by atoms with Crippen LogP contribution in [0.5, 0.6) is 0 Å². The molecule has 0 saturated carbocycles. The van der Waals surface area contributed by atoms with E-state index in [1.807, 2.05) is 30.4 Å². The monoisotopic (exact) mass is 182 g/mol. The van der Waals surface area contributed by atoms with E-state index in [2.05, 4.69) is 6.07 Å². The van der Waals surface area contributed by atoms with Crippen LogP contribution in [0, 0.1) is 5.21 Å². The Balaban J connectivity index is 2.34. The van der Waals surface area contributed by atoms with Gasteiger partial charge in [-0.15, -0.1) is 0 Å². The molecule has 1 aromatic rings. The Labute approximate surface area is 82.0 Å². The van der Waals surface area contributed by atoms with Gasteiger partial charge in [0.05, 0.1) is 0 Å². The first-order chi connectivity index (χ1) is 6.84. The number of hydrogen-bond acceptors (Lipinski definition) is 2. The van der Waals surface area contributed by atoms with Crippen molar-refractivity contribution >= 4 is 17.7 Å². The zero-order valence-corrected chi connectivity index (χ0v) is 7.47. The molecule has 0 aromatic heterocycles. The zero-order valence-electron chi connectivity index (χ0n) is 7.47. The van der Waals surface area contributed by atoms with E-state index in [4.69, 9.17) is 0 Å². The van der Waals surface area contributed by atoms with Crippen molar-refractivity contribution in [3.63, 3.8) is 0 Å². The standard InChI is InChI=1S/C12H8NO/c14-13-7-6-10-3-1-2-9-4-5-11(8-13)12(9)10/h1-8H/q-1. The molecule has 2 heteroatoms. The van der Waals surface area contributed by atoms with Gasteiger partial charge in [0, 0.05) is 6.20 Å². The smallest absolute Gasteiger partial charge is 0.000301 e. The lowest BCUT2D eigenvalue weighted by molar-refractivity contribution is 0.708.